The lowest BCUT2D eigenvalue weighted by Gasteiger charge is -2.37. The third-order valence-electron chi connectivity index (χ3n) is 5.53. The molecule has 33 heavy (non-hydrogen) atoms. The number of aromatic nitrogens is 3. The quantitative estimate of drug-likeness (QED) is 0.532. The normalized spacial score (nSPS) is 21.1. The molecule has 0 aromatic carbocycles. The van der Waals surface area contributed by atoms with Crippen LogP contribution >= 0.6 is 10.6 Å². The van der Waals surface area contributed by atoms with E-state index in [-0.39, 0.29) is 11.8 Å². The Morgan fingerprint density at radius 1 is 1.00 bits per heavy atom. The molecule has 1 aliphatic rings. The standard InChI is InChI=1S/C25H29N5O2S/c1-21-8-3-2-4-16-33(31,32)17-15-29(21)25-22(9-5-14-28-25)20-30(23-10-6-12-26-18-23)24-11-7-13-27-19-24/h2-14,18-19,21,31-32H,15-17,20H2,1H3/b4-2-,8-3-. The average Bonchev–Trinajstić information content (AvgIpc) is 2.84. The summed E-state index contributed by atoms with van der Waals surface area (Å²) in [5.41, 5.74) is 2.93. The molecule has 4 rings (SSSR count). The van der Waals surface area contributed by atoms with Crippen molar-refractivity contribution < 1.29 is 9.11 Å². The maximum atomic E-state index is 10.5. The van der Waals surface area contributed by atoms with Gasteiger partial charge in [-0.05, 0) is 37.3 Å². The third kappa shape index (κ3) is 5.98. The van der Waals surface area contributed by atoms with E-state index in [4.69, 9.17) is 4.98 Å². The fourth-order valence-electron chi connectivity index (χ4n) is 3.79. The fourth-order valence-corrected chi connectivity index (χ4v) is 4.86. The van der Waals surface area contributed by atoms with Gasteiger partial charge in [-0.1, -0.05) is 30.4 Å². The second kappa shape index (κ2) is 10.6. The molecule has 0 radical (unpaired) electrons. The molecule has 2 N–H and O–H groups in total. The fraction of sp³-hybridized carbons (Fsp3) is 0.240. The van der Waals surface area contributed by atoms with Gasteiger partial charge < -0.3 is 9.80 Å². The summed E-state index contributed by atoms with van der Waals surface area (Å²) in [6.07, 6.45) is 16.7. The maximum Gasteiger partial charge on any atom is 0.134 e. The molecule has 1 unspecified atom stereocenters. The van der Waals surface area contributed by atoms with Crippen LogP contribution in [0.2, 0.25) is 0 Å². The predicted molar refractivity (Wildman–Crippen MR) is 136 cm³/mol. The lowest BCUT2D eigenvalue weighted by molar-refractivity contribution is 0.489. The minimum absolute atomic E-state index is 0.0295. The van der Waals surface area contributed by atoms with Crippen LogP contribution in [0, 0.1) is 0 Å². The number of hydrogen-bond donors (Lipinski definition) is 2. The summed E-state index contributed by atoms with van der Waals surface area (Å²) < 4.78 is 20.9. The van der Waals surface area contributed by atoms with Gasteiger partial charge in [-0.3, -0.25) is 19.1 Å². The first-order chi connectivity index (χ1) is 16.0. The highest BCUT2D eigenvalue weighted by Gasteiger charge is 2.22. The Hall–Kier alpha value is -3.20. The topological polar surface area (TPSA) is 85.6 Å². The van der Waals surface area contributed by atoms with Crippen LogP contribution in [0.3, 0.4) is 0 Å². The van der Waals surface area contributed by atoms with Crippen LogP contribution in [0.1, 0.15) is 12.5 Å². The summed E-state index contributed by atoms with van der Waals surface area (Å²) in [6, 6.07) is 11.9. The van der Waals surface area contributed by atoms with Crippen LogP contribution in [0.4, 0.5) is 17.2 Å². The Bertz CT molecular complexity index is 1050. The number of anilines is 3. The Morgan fingerprint density at radius 2 is 1.70 bits per heavy atom. The van der Waals surface area contributed by atoms with Crippen molar-refractivity contribution in [3.63, 3.8) is 0 Å². The largest absolute Gasteiger partial charge is 0.349 e. The van der Waals surface area contributed by atoms with Gasteiger partial charge >= 0.3 is 0 Å². The van der Waals surface area contributed by atoms with E-state index in [2.05, 4.69) is 38.8 Å². The number of hydrogen-bond acceptors (Lipinski definition) is 7. The van der Waals surface area contributed by atoms with Crippen LogP contribution < -0.4 is 9.80 Å². The lowest BCUT2D eigenvalue weighted by atomic mass is 10.1. The summed E-state index contributed by atoms with van der Waals surface area (Å²) in [4.78, 5) is 17.6. The molecule has 0 fully saturated rings. The first kappa shape index (κ1) is 23.0. The number of allylic oxidation sites excluding steroid dienone is 2. The smallest absolute Gasteiger partial charge is 0.134 e. The summed E-state index contributed by atoms with van der Waals surface area (Å²) >= 11 is 0. The van der Waals surface area contributed by atoms with Crippen molar-refractivity contribution in [1.82, 2.24) is 15.0 Å². The van der Waals surface area contributed by atoms with Gasteiger partial charge in [-0.25, -0.2) is 4.98 Å². The van der Waals surface area contributed by atoms with E-state index >= 15 is 0 Å². The molecule has 0 bridgehead atoms. The average molecular weight is 464 g/mol. The number of rotatable bonds is 5. The van der Waals surface area contributed by atoms with Crippen molar-refractivity contribution >= 4 is 27.8 Å². The molecule has 0 spiro atoms. The molecule has 0 aliphatic carbocycles. The molecule has 172 valence electrons. The van der Waals surface area contributed by atoms with Crippen molar-refractivity contribution in [3.8, 4) is 0 Å². The van der Waals surface area contributed by atoms with Crippen LogP contribution in [0.15, 0.2) is 91.7 Å². The van der Waals surface area contributed by atoms with Gasteiger partial charge in [-0.2, -0.15) is 10.6 Å². The van der Waals surface area contributed by atoms with Crippen molar-refractivity contribution in [3.05, 3.63) is 97.2 Å². The Labute approximate surface area is 196 Å². The molecule has 0 saturated carbocycles. The van der Waals surface area contributed by atoms with Crippen LogP contribution in [0.25, 0.3) is 0 Å². The van der Waals surface area contributed by atoms with E-state index in [1.807, 2.05) is 61.0 Å². The monoisotopic (exact) mass is 463 g/mol. The maximum absolute atomic E-state index is 10.5. The van der Waals surface area contributed by atoms with Crippen molar-refractivity contribution in [2.24, 2.45) is 0 Å². The van der Waals surface area contributed by atoms with Crippen LogP contribution in [-0.2, 0) is 6.54 Å². The van der Waals surface area contributed by atoms with Gasteiger partial charge in [0.25, 0.3) is 0 Å². The second-order valence-electron chi connectivity index (χ2n) is 7.91. The predicted octanol–water partition coefficient (Wildman–Crippen LogP) is 5.28. The zero-order valence-corrected chi connectivity index (χ0v) is 19.4. The molecule has 0 amide bonds. The van der Waals surface area contributed by atoms with Crippen molar-refractivity contribution in [1.29, 1.82) is 0 Å². The van der Waals surface area contributed by atoms with Gasteiger partial charge in [0, 0.05) is 36.7 Å². The molecule has 3 aromatic rings. The number of nitrogens with zero attached hydrogens (tertiary/aromatic N) is 5. The molecule has 1 aliphatic heterocycles. The summed E-state index contributed by atoms with van der Waals surface area (Å²) in [5, 5.41) is 0. The van der Waals surface area contributed by atoms with E-state index in [0.29, 0.717) is 18.8 Å². The molecule has 8 heteroatoms. The van der Waals surface area contributed by atoms with Crippen LogP contribution in [-0.4, -0.2) is 48.1 Å². The molecule has 3 aromatic heterocycles. The van der Waals surface area contributed by atoms with Gasteiger partial charge in [-0.15, -0.1) is 0 Å². The first-order valence-corrected chi connectivity index (χ1v) is 12.8. The van der Waals surface area contributed by atoms with E-state index in [9.17, 15) is 9.11 Å². The molecule has 7 nitrogen and oxygen atoms in total. The zero-order valence-electron chi connectivity index (χ0n) is 18.6. The second-order valence-corrected chi connectivity index (χ2v) is 10.3. The Morgan fingerprint density at radius 3 is 2.36 bits per heavy atom. The Kier molecular flexibility index (Phi) is 7.39. The molecule has 0 saturated heterocycles. The zero-order chi connectivity index (χ0) is 23.1. The van der Waals surface area contributed by atoms with E-state index in [1.165, 1.54) is 0 Å². The van der Waals surface area contributed by atoms with Crippen molar-refractivity contribution in [2.45, 2.75) is 19.5 Å². The first-order valence-electron chi connectivity index (χ1n) is 10.9. The lowest BCUT2D eigenvalue weighted by Crippen LogP contribution is -2.37. The van der Waals surface area contributed by atoms with Gasteiger partial charge in [0.15, 0.2) is 0 Å². The summed E-state index contributed by atoms with van der Waals surface area (Å²) in [5.74, 6) is 1.39. The summed E-state index contributed by atoms with van der Waals surface area (Å²) in [6.45, 7) is 3.14. The summed E-state index contributed by atoms with van der Waals surface area (Å²) in [7, 11) is -2.69. The minimum Gasteiger partial charge on any atom is -0.349 e. The third-order valence-corrected chi connectivity index (χ3v) is 7.10. The number of pyridine rings is 3. The highest BCUT2D eigenvalue weighted by Crippen LogP contribution is 2.39. The van der Waals surface area contributed by atoms with E-state index in [1.54, 1.807) is 18.6 Å². The highest BCUT2D eigenvalue weighted by atomic mass is 32.3. The van der Waals surface area contributed by atoms with Gasteiger partial charge in [0.2, 0.25) is 0 Å². The molecule has 4 heterocycles. The van der Waals surface area contributed by atoms with E-state index < -0.39 is 10.6 Å². The van der Waals surface area contributed by atoms with E-state index in [0.717, 1.165) is 22.8 Å². The minimum atomic E-state index is -2.69. The Balaban J connectivity index is 1.71. The molecule has 1 atom stereocenters. The highest BCUT2D eigenvalue weighted by molar-refractivity contribution is 8.24. The molecular weight excluding hydrogens is 434 g/mol. The SMILES string of the molecule is CC1/C=C\C=C/CS(O)(O)CCN1c1ncccc1CN(c1cccnc1)c1cccnc1. The molecular formula is C25H29N5O2S. The van der Waals surface area contributed by atoms with Gasteiger partial charge in [0.1, 0.15) is 5.82 Å². The van der Waals surface area contributed by atoms with Gasteiger partial charge in [0.05, 0.1) is 41.8 Å². The van der Waals surface area contributed by atoms with Crippen LogP contribution in [0.5, 0.6) is 0 Å². The van der Waals surface area contributed by atoms with Crippen molar-refractivity contribution in [2.75, 3.05) is 27.9 Å².